The van der Waals surface area contributed by atoms with Crippen molar-refractivity contribution in [2.45, 2.75) is 44.2 Å². The smallest absolute Gasteiger partial charge is 0.318 e. The lowest BCUT2D eigenvalue weighted by Crippen LogP contribution is -2.63. The largest absolute Gasteiger partial charge is 0.481 e. The summed E-state index contributed by atoms with van der Waals surface area (Å²) < 4.78 is 0. The summed E-state index contributed by atoms with van der Waals surface area (Å²) in [6.45, 7) is 2.66. The zero-order chi connectivity index (χ0) is 14.0. The first-order chi connectivity index (χ1) is 8.91. The Hall–Kier alpha value is -1.79. The van der Waals surface area contributed by atoms with Crippen LogP contribution in [0.1, 0.15) is 32.6 Å². The Morgan fingerprint density at radius 3 is 2.74 bits per heavy atom. The van der Waals surface area contributed by atoms with Gasteiger partial charge in [0, 0.05) is 18.6 Å². The van der Waals surface area contributed by atoms with Crippen LogP contribution in [0, 0.1) is 0 Å². The van der Waals surface area contributed by atoms with E-state index in [9.17, 15) is 14.4 Å². The third-order valence-corrected chi connectivity index (χ3v) is 3.83. The van der Waals surface area contributed by atoms with Gasteiger partial charge in [0.05, 0.1) is 6.42 Å². The number of hydrogen-bond acceptors (Lipinski definition) is 3. The third kappa shape index (κ3) is 2.97. The molecule has 2 rings (SSSR count). The van der Waals surface area contributed by atoms with E-state index < -0.39 is 17.9 Å². The second kappa shape index (κ2) is 5.07. The molecule has 1 heterocycles. The molecule has 1 unspecified atom stereocenters. The number of urea groups is 1. The van der Waals surface area contributed by atoms with E-state index in [0.29, 0.717) is 13.1 Å². The molecule has 1 saturated heterocycles. The molecule has 2 fully saturated rings. The molecule has 7 heteroatoms. The van der Waals surface area contributed by atoms with Gasteiger partial charge in [-0.1, -0.05) is 0 Å². The number of rotatable bonds is 3. The Balaban J connectivity index is 2.03. The summed E-state index contributed by atoms with van der Waals surface area (Å²) in [6.07, 6.45) is 2.55. The maximum Gasteiger partial charge on any atom is 0.318 e. The van der Waals surface area contributed by atoms with E-state index in [0.717, 1.165) is 19.3 Å². The van der Waals surface area contributed by atoms with Gasteiger partial charge in [0.25, 0.3) is 0 Å². The van der Waals surface area contributed by atoms with Crippen LogP contribution in [-0.2, 0) is 9.59 Å². The number of carbonyl (C=O) groups excluding carboxylic acids is 2. The van der Waals surface area contributed by atoms with E-state index in [1.54, 1.807) is 0 Å². The molecule has 19 heavy (non-hydrogen) atoms. The molecule has 1 saturated carbocycles. The summed E-state index contributed by atoms with van der Waals surface area (Å²) >= 11 is 0. The predicted octanol–water partition coefficient (Wildman–Crippen LogP) is -0.0863. The van der Waals surface area contributed by atoms with Gasteiger partial charge in [0.15, 0.2) is 0 Å². The van der Waals surface area contributed by atoms with Gasteiger partial charge in [-0.25, -0.2) is 4.79 Å². The van der Waals surface area contributed by atoms with Crippen LogP contribution in [0.5, 0.6) is 0 Å². The summed E-state index contributed by atoms with van der Waals surface area (Å²) in [6, 6.07) is -1.27. The first-order valence-electron chi connectivity index (χ1n) is 6.50. The van der Waals surface area contributed by atoms with Gasteiger partial charge in [-0.2, -0.15) is 0 Å². The van der Waals surface area contributed by atoms with E-state index in [2.05, 4.69) is 10.6 Å². The number of amides is 3. The van der Waals surface area contributed by atoms with Crippen molar-refractivity contribution in [3.05, 3.63) is 0 Å². The van der Waals surface area contributed by atoms with Crippen molar-refractivity contribution in [2.75, 3.05) is 13.1 Å². The fraction of sp³-hybridized carbons (Fsp3) is 0.750. The van der Waals surface area contributed by atoms with Crippen molar-refractivity contribution in [3.8, 4) is 0 Å². The molecular formula is C12H19N3O4. The van der Waals surface area contributed by atoms with Crippen LogP contribution in [0.25, 0.3) is 0 Å². The van der Waals surface area contributed by atoms with Crippen molar-refractivity contribution in [1.29, 1.82) is 0 Å². The van der Waals surface area contributed by atoms with Crippen LogP contribution in [0.15, 0.2) is 0 Å². The van der Waals surface area contributed by atoms with Gasteiger partial charge in [-0.3, -0.25) is 9.59 Å². The summed E-state index contributed by atoms with van der Waals surface area (Å²) in [7, 11) is 0. The van der Waals surface area contributed by atoms with Crippen LogP contribution in [0.2, 0.25) is 0 Å². The van der Waals surface area contributed by atoms with E-state index in [-0.39, 0.29) is 18.0 Å². The second-order valence-electron chi connectivity index (χ2n) is 5.44. The average molecular weight is 269 g/mol. The molecule has 0 bridgehead atoms. The second-order valence-corrected chi connectivity index (χ2v) is 5.44. The molecule has 3 amide bonds. The summed E-state index contributed by atoms with van der Waals surface area (Å²) in [4.78, 5) is 36.0. The number of nitrogens with one attached hydrogen (secondary N) is 2. The Morgan fingerprint density at radius 1 is 1.53 bits per heavy atom. The van der Waals surface area contributed by atoms with Crippen LogP contribution in [0.3, 0.4) is 0 Å². The minimum absolute atomic E-state index is 0.210. The number of carboxylic acid groups (broad SMARTS) is 1. The van der Waals surface area contributed by atoms with Crippen molar-refractivity contribution >= 4 is 17.9 Å². The quantitative estimate of drug-likeness (QED) is 0.667. The molecule has 106 valence electrons. The molecule has 3 N–H and O–H groups in total. The standard InChI is InChI=1S/C12H19N3O4/c1-12(3-2-4-12)14-11(19)15-6-5-13-10(18)8(15)7-9(16)17/h8H,2-7H2,1H3,(H,13,18)(H,14,19)(H,16,17). The monoisotopic (exact) mass is 269 g/mol. The van der Waals surface area contributed by atoms with Crippen molar-refractivity contribution < 1.29 is 19.5 Å². The molecule has 1 aliphatic heterocycles. The molecule has 2 aliphatic rings. The highest BCUT2D eigenvalue weighted by Gasteiger charge is 2.39. The molecule has 0 aromatic rings. The molecule has 7 nitrogen and oxygen atoms in total. The average Bonchev–Trinajstić information content (AvgIpc) is 2.29. The minimum Gasteiger partial charge on any atom is -0.481 e. The van der Waals surface area contributed by atoms with E-state index in [1.807, 2.05) is 6.92 Å². The molecule has 1 atom stereocenters. The minimum atomic E-state index is -1.09. The van der Waals surface area contributed by atoms with Crippen molar-refractivity contribution in [1.82, 2.24) is 15.5 Å². The van der Waals surface area contributed by atoms with Gasteiger partial charge in [-0.15, -0.1) is 0 Å². The number of aliphatic carboxylic acids is 1. The Bertz CT molecular complexity index is 406. The SMILES string of the molecule is CC1(NC(=O)N2CCNC(=O)C2CC(=O)O)CCC1. The normalized spacial score (nSPS) is 25.2. The maximum atomic E-state index is 12.2. The number of nitrogens with zero attached hydrogens (tertiary/aromatic N) is 1. The Morgan fingerprint density at radius 2 is 2.21 bits per heavy atom. The lowest BCUT2D eigenvalue weighted by atomic mass is 9.79. The number of hydrogen-bond donors (Lipinski definition) is 3. The predicted molar refractivity (Wildman–Crippen MR) is 66.5 cm³/mol. The summed E-state index contributed by atoms with van der Waals surface area (Å²) in [5.41, 5.74) is -0.210. The van der Waals surface area contributed by atoms with Gasteiger partial charge >= 0.3 is 12.0 Å². The number of piperazine rings is 1. The Labute approximate surface area is 111 Å². The highest BCUT2D eigenvalue weighted by Crippen LogP contribution is 2.31. The van der Waals surface area contributed by atoms with Gasteiger partial charge in [0.2, 0.25) is 5.91 Å². The lowest BCUT2D eigenvalue weighted by Gasteiger charge is -2.42. The molecule has 0 aromatic carbocycles. The maximum absolute atomic E-state index is 12.2. The zero-order valence-corrected chi connectivity index (χ0v) is 10.9. The zero-order valence-electron chi connectivity index (χ0n) is 10.9. The first kappa shape index (κ1) is 13.6. The topological polar surface area (TPSA) is 98.7 Å². The van der Waals surface area contributed by atoms with Gasteiger partial charge in [0.1, 0.15) is 6.04 Å². The molecule has 0 radical (unpaired) electrons. The molecular weight excluding hydrogens is 250 g/mol. The van der Waals surface area contributed by atoms with E-state index >= 15 is 0 Å². The van der Waals surface area contributed by atoms with E-state index in [4.69, 9.17) is 5.11 Å². The highest BCUT2D eigenvalue weighted by atomic mass is 16.4. The van der Waals surface area contributed by atoms with Crippen LogP contribution >= 0.6 is 0 Å². The fourth-order valence-corrected chi connectivity index (χ4v) is 2.49. The lowest BCUT2D eigenvalue weighted by molar-refractivity contribution is -0.142. The van der Waals surface area contributed by atoms with E-state index in [1.165, 1.54) is 4.90 Å². The number of carboxylic acids is 1. The van der Waals surface area contributed by atoms with Crippen LogP contribution < -0.4 is 10.6 Å². The molecule has 1 aliphatic carbocycles. The highest BCUT2D eigenvalue weighted by molar-refractivity contribution is 5.91. The van der Waals surface area contributed by atoms with Crippen LogP contribution in [-0.4, -0.2) is 52.6 Å². The molecule has 0 aromatic heterocycles. The third-order valence-electron chi connectivity index (χ3n) is 3.83. The fourth-order valence-electron chi connectivity index (χ4n) is 2.49. The Kier molecular flexibility index (Phi) is 3.64. The van der Waals surface area contributed by atoms with Gasteiger partial charge < -0.3 is 20.6 Å². The first-order valence-corrected chi connectivity index (χ1v) is 6.50. The van der Waals surface area contributed by atoms with Crippen molar-refractivity contribution in [3.63, 3.8) is 0 Å². The number of carbonyl (C=O) groups is 3. The summed E-state index contributed by atoms with van der Waals surface area (Å²) in [5, 5.41) is 14.3. The van der Waals surface area contributed by atoms with Gasteiger partial charge in [-0.05, 0) is 26.2 Å². The van der Waals surface area contributed by atoms with Crippen molar-refractivity contribution in [2.24, 2.45) is 0 Å². The molecule has 0 spiro atoms. The summed E-state index contributed by atoms with van der Waals surface area (Å²) in [5.74, 6) is -1.49. The van der Waals surface area contributed by atoms with Crippen LogP contribution in [0.4, 0.5) is 4.79 Å².